The molecule has 0 N–H and O–H groups in total. The second-order valence-corrected chi connectivity index (χ2v) is 17.7. The molecule has 0 atom stereocenters. The summed E-state index contributed by atoms with van der Waals surface area (Å²) in [5.74, 6) is 0. The van der Waals surface area contributed by atoms with Crippen molar-refractivity contribution in [2.24, 2.45) is 0 Å². The summed E-state index contributed by atoms with van der Waals surface area (Å²) in [6.45, 7) is 9.53. The van der Waals surface area contributed by atoms with Crippen molar-refractivity contribution in [3.63, 3.8) is 0 Å². The molecule has 0 bridgehead atoms. The Kier molecular flexibility index (Phi) is 7.36. The third-order valence-corrected chi connectivity index (χ3v) is 13.8. The normalized spacial score (nSPS) is 14.3. The molecule has 9 aromatic carbocycles. The minimum atomic E-state index is -0.165. The molecule has 2 aliphatic carbocycles. The van der Waals surface area contributed by atoms with Crippen molar-refractivity contribution in [2.45, 2.75) is 38.5 Å². The van der Waals surface area contributed by atoms with E-state index in [-0.39, 0.29) is 10.8 Å². The molecule has 1 aromatic heterocycles. The topological polar surface area (TPSA) is 8.17 Å². The first-order valence-electron chi connectivity index (χ1n) is 21.2. The van der Waals surface area contributed by atoms with Crippen LogP contribution in [-0.2, 0) is 10.8 Å². The number of anilines is 3. The molecule has 0 aliphatic heterocycles. The van der Waals surface area contributed by atoms with Crippen LogP contribution in [0.15, 0.2) is 194 Å². The summed E-state index contributed by atoms with van der Waals surface area (Å²) < 4.78 is 2.49. The Hall–Kier alpha value is -7.16. The number of para-hydroxylation sites is 2. The van der Waals surface area contributed by atoms with Gasteiger partial charge in [-0.05, 0) is 103 Å². The Morgan fingerprint density at radius 1 is 0.383 bits per heavy atom. The molecule has 0 saturated carbocycles. The van der Waals surface area contributed by atoms with E-state index in [4.69, 9.17) is 0 Å². The van der Waals surface area contributed by atoms with Crippen LogP contribution in [0.1, 0.15) is 49.9 Å². The van der Waals surface area contributed by atoms with Crippen molar-refractivity contribution >= 4 is 49.6 Å². The highest BCUT2D eigenvalue weighted by molar-refractivity contribution is 6.10. The van der Waals surface area contributed by atoms with E-state index in [1.807, 2.05) is 0 Å². The lowest BCUT2D eigenvalue weighted by atomic mass is 9.82. The van der Waals surface area contributed by atoms with E-state index < -0.39 is 0 Å². The number of nitrogens with zero attached hydrogens (tertiary/aromatic N) is 2. The van der Waals surface area contributed by atoms with Gasteiger partial charge in [-0.3, -0.25) is 0 Å². The first-order valence-corrected chi connectivity index (χ1v) is 21.2. The SMILES string of the molecule is CC1(C)c2ccccc2-c2ccc(N(c3cc(-c4cccc5ccccc45)ccc3-n3c4ccccc4c4ccccc43)c3cccc4c3-c3ccccc3C4(C)C)cc21. The van der Waals surface area contributed by atoms with Crippen LogP contribution in [0, 0.1) is 0 Å². The second kappa shape index (κ2) is 12.7. The van der Waals surface area contributed by atoms with Crippen molar-refractivity contribution in [1.29, 1.82) is 0 Å². The maximum atomic E-state index is 2.59. The zero-order chi connectivity index (χ0) is 40.3. The van der Waals surface area contributed by atoms with Gasteiger partial charge in [-0.1, -0.05) is 179 Å². The number of aromatic nitrogens is 1. The van der Waals surface area contributed by atoms with E-state index in [0.717, 1.165) is 17.1 Å². The summed E-state index contributed by atoms with van der Waals surface area (Å²) in [6, 6.07) is 72.5. The lowest BCUT2D eigenvalue weighted by Gasteiger charge is -2.32. The van der Waals surface area contributed by atoms with Gasteiger partial charge in [0.25, 0.3) is 0 Å². The maximum Gasteiger partial charge on any atom is 0.0708 e. The average Bonchev–Trinajstić information content (AvgIpc) is 3.83. The van der Waals surface area contributed by atoms with Crippen LogP contribution in [-0.4, -0.2) is 4.57 Å². The van der Waals surface area contributed by atoms with Crippen LogP contribution < -0.4 is 4.90 Å². The van der Waals surface area contributed by atoms with Gasteiger partial charge >= 0.3 is 0 Å². The smallest absolute Gasteiger partial charge is 0.0708 e. The van der Waals surface area contributed by atoms with Crippen LogP contribution in [0.25, 0.3) is 71.6 Å². The highest BCUT2D eigenvalue weighted by atomic mass is 15.2. The zero-order valence-electron chi connectivity index (χ0n) is 34.4. The lowest BCUT2D eigenvalue weighted by Crippen LogP contribution is -2.18. The molecule has 12 rings (SSSR count). The van der Waals surface area contributed by atoms with Crippen molar-refractivity contribution in [2.75, 3.05) is 4.90 Å². The summed E-state index contributed by atoms with van der Waals surface area (Å²) in [5.41, 5.74) is 19.7. The Labute approximate surface area is 351 Å². The van der Waals surface area contributed by atoms with E-state index in [1.54, 1.807) is 0 Å². The molecule has 0 radical (unpaired) electrons. The quantitative estimate of drug-likeness (QED) is 0.169. The van der Waals surface area contributed by atoms with E-state index in [9.17, 15) is 0 Å². The second-order valence-electron chi connectivity index (χ2n) is 17.7. The fourth-order valence-corrected chi connectivity index (χ4v) is 10.9. The Morgan fingerprint density at radius 3 is 1.70 bits per heavy atom. The van der Waals surface area contributed by atoms with Gasteiger partial charge in [-0.15, -0.1) is 0 Å². The maximum absolute atomic E-state index is 2.59. The molecule has 0 saturated heterocycles. The molecule has 10 aromatic rings. The van der Waals surface area contributed by atoms with Crippen LogP contribution in [0.4, 0.5) is 17.1 Å². The van der Waals surface area contributed by atoms with Crippen LogP contribution >= 0.6 is 0 Å². The van der Waals surface area contributed by atoms with Crippen molar-refractivity contribution in [3.05, 3.63) is 216 Å². The van der Waals surface area contributed by atoms with Gasteiger partial charge in [0, 0.05) is 32.9 Å². The van der Waals surface area contributed by atoms with E-state index >= 15 is 0 Å². The number of hydrogen-bond acceptors (Lipinski definition) is 1. The molecule has 1 heterocycles. The molecule has 60 heavy (non-hydrogen) atoms. The van der Waals surface area contributed by atoms with Crippen molar-refractivity contribution in [3.8, 4) is 39.1 Å². The molecular formula is C58H44N2. The third kappa shape index (κ3) is 4.82. The molecule has 286 valence electrons. The number of rotatable bonds is 5. The molecule has 0 unspecified atom stereocenters. The molecule has 0 fully saturated rings. The number of benzene rings is 9. The fourth-order valence-electron chi connectivity index (χ4n) is 10.9. The zero-order valence-corrected chi connectivity index (χ0v) is 34.4. The Bertz CT molecular complexity index is 3340. The van der Waals surface area contributed by atoms with E-state index in [0.29, 0.717) is 0 Å². The van der Waals surface area contributed by atoms with Gasteiger partial charge in [0.1, 0.15) is 0 Å². The predicted octanol–water partition coefficient (Wildman–Crippen LogP) is 15.7. The lowest BCUT2D eigenvalue weighted by molar-refractivity contribution is 0.660. The highest BCUT2D eigenvalue weighted by Gasteiger charge is 2.39. The largest absolute Gasteiger partial charge is 0.308 e. The van der Waals surface area contributed by atoms with Crippen molar-refractivity contribution in [1.82, 2.24) is 4.57 Å². The van der Waals surface area contributed by atoms with Gasteiger partial charge in [-0.2, -0.15) is 0 Å². The summed E-state index contributed by atoms with van der Waals surface area (Å²) in [7, 11) is 0. The van der Waals surface area contributed by atoms with Crippen LogP contribution in [0.5, 0.6) is 0 Å². The summed E-state index contributed by atoms with van der Waals surface area (Å²) in [5, 5.41) is 4.98. The van der Waals surface area contributed by atoms with E-state index in [2.05, 4.69) is 231 Å². The number of fused-ring (bicyclic) bond motifs is 10. The predicted molar refractivity (Wildman–Crippen MR) is 254 cm³/mol. The molecule has 2 nitrogen and oxygen atoms in total. The first kappa shape index (κ1) is 34.8. The summed E-state index contributed by atoms with van der Waals surface area (Å²) in [6.07, 6.45) is 0. The van der Waals surface area contributed by atoms with Crippen molar-refractivity contribution < 1.29 is 0 Å². The minimum absolute atomic E-state index is 0.157. The molecule has 0 amide bonds. The number of hydrogen-bond donors (Lipinski definition) is 0. The van der Waals surface area contributed by atoms with Gasteiger partial charge in [0.05, 0.1) is 28.1 Å². The molecule has 2 heteroatoms. The Morgan fingerprint density at radius 2 is 0.933 bits per heavy atom. The van der Waals surface area contributed by atoms with E-state index in [1.165, 1.54) is 93.9 Å². The van der Waals surface area contributed by atoms with Gasteiger partial charge in [0.15, 0.2) is 0 Å². The monoisotopic (exact) mass is 768 g/mol. The fraction of sp³-hybridized carbons (Fsp3) is 0.103. The standard InChI is InChI=1S/C58H44N2/c1-57(2)48-26-12-8-23-46(48)56-49(57)27-16-30-54(56)59(39-32-33-43-42-20-7-11-25-47(42)58(3,4)50(43)36-39)55-35-38(41-24-15-18-37-17-5-6-19-40(37)41)31-34-53(55)60-51-28-13-9-21-44(51)45-22-10-14-29-52(45)60/h5-36H,1-4H3. The van der Waals surface area contributed by atoms with Gasteiger partial charge < -0.3 is 9.47 Å². The minimum Gasteiger partial charge on any atom is -0.308 e. The van der Waals surface area contributed by atoms with Gasteiger partial charge in [0.2, 0.25) is 0 Å². The first-order chi connectivity index (χ1) is 29.3. The van der Waals surface area contributed by atoms with Gasteiger partial charge in [-0.25, -0.2) is 0 Å². The average molecular weight is 769 g/mol. The van der Waals surface area contributed by atoms with Crippen LogP contribution in [0.2, 0.25) is 0 Å². The Balaban J connectivity index is 1.22. The molecule has 0 spiro atoms. The van der Waals surface area contributed by atoms with Crippen LogP contribution in [0.3, 0.4) is 0 Å². The highest BCUT2D eigenvalue weighted by Crippen LogP contribution is 2.57. The third-order valence-electron chi connectivity index (χ3n) is 13.8. The molecule has 2 aliphatic rings. The summed E-state index contributed by atoms with van der Waals surface area (Å²) in [4.78, 5) is 2.59. The summed E-state index contributed by atoms with van der Waals surface area (Å²) >= 11 is 0. The molecular weight excluding hydrogens is 725 g/mol.